The van der Waals surface area contributed by atoms with Gasteiger partial charge in [0.15, 0.2) is 5.82 Å². The molecule has 0 fully saturated rings. The molecule has 3 N–H and O–H groups in total. The molecule has 56 valence electrons. The van der Waals surface area contributed by atoms with E-state index in [0.717, 1.165) is 5.52 Å². The van der Waals surface area contributed by atoms with E-state index in [1.807, 2.05) is 18.3 Å². The van der Waals surface area contributed by atoms with Crippen LogP contribution < -0.4 is 11.3 Å². The number of nitrogens with one attached hydrogen (secondary N) is 1. The molecule has 0 spiro atoms. The third kappa shape index (κ3) is 0.821. The fourth-order valence-electron chi connectivity index (χ4n) is 0.977. The maximum atomic E-state index is 5.22. The normalized spacial score (nSPS) is 10.3. The van der Waals surface area contributed by atoms with Gasteiger partial charge >= 0.3 is 0 Å². The lowest BCUT2D eigenvalue weighted by atomic mass is 10.5. The highest BCUT2D eigenvalue weighted by Crippen LogP contribution is 2.09. The zero-order valence-corrected chi connectivity index (χ0v) is 5.73. The van der Waals surface area contributed by atoms with Gasteiger partial charge in [0.1, 0.15) is 11.8 Å². The first kappa shape index (κ1) is 6.11. The van der Waals surface area contributed by atoms with Crippen molar-refractivity contribution >= 4 is 11.3 Å². The summed E-state index contributed by atoms with van der Waals surface area (Å²) in [4.78, 5) is 3.93. The Bertz CT molecular complexity index is 366. The second-order valence-corrected chi connectivity index (χ2v) is 2.09. The predicted molar refractivity (Wildman–Crippen MR) is 40.8 cm³/mol. The van der Waals surface area contributed by atoms with Gasteiger partial charge in [-0.2, -0.15) is 5.10 Å². The molecule has 0 atom stereocenters. The quantitative estimate of drug-likeness (QED) is 0.443. The molecule has 0 amide bonds. The Balaban J connectivity index is 2.79. The molecule has 2 rings (SSSR count). The number of fused-ring (bicyclic) bond motifs is 1. The summed E-state index contributed by atoms with van der Waals surface area (Å²) in [7, 11) is 0. The van der Waals surface area contributed by atoms with Crippen LogP contribution >= 0.6 is 0 Å². The summed E-state index contributed by atoms with van der Waals surface area (Å²) < 4.78 is 1.70. The standard InChI is InChI=1S/C6H7N5/c7-10-6-5-2-1-3-11(5)9-4-8-6/h1-4H,7H2,(H,8,9,10). The molecule has 2 aromatic rings. The first-order valence-corrected chi connectivity index (χ1v) is 3.17. The molecule has 0 saturated carbocycles. The van der Waals surface area contributed by atoms with Crippen LogP contribution in [0.5, 0.6) is 0 Å². The van der Waals surface area contributed by atoms with Crippen LogP contribution in [0.3, 0.4) is 0 Å². The Morgan fingerprint density at radius 3 is 3.27 bits per heavy atom. The number of anilines is 1. The first-order valence-electron chi connectivity index (χ1n) is 3.17. The largest absolute Gasteiger partial charge is 0.307 e. The summed E-state index contributed by atoms with van der Waals surface area (Å²) in [5.74, 6) is 5.85. The molecule has 0 bridgehead atoms. The topological polar surface area (TPSA) is 68.2 Å². The van der Waals surface area contributed by atoms with E-state index in [0.29, 0.717) is 5.82 Å². The zero-order valence-electron chi connectivity index (χ0n) is 5.73. The van der Waals surface area contributed by atoms with E-state index >= 15 is 0 Å². The number of hydrogen-bond acceptors (Lipinski definition) is 4. The number of nitrogens with zero attached hydrogens (tertiary/aromatic N) is 3. The van der Waals surface area contributed by atoms with Crippen molar-refractivity contribution in [1.82, 2.24) is 14.6 Å². The van der Waals surface area contributed by atoms with Gasteiger partial charge in [0.25, 0.3) is 0 Å². The van der Waals surface area contributed by atoms with Gasteiger partial charge in [-0.25, -0.2) is 15.3 Å². The maximum absolute atomic E-state index is 5.22. The van der Waals surface area contributed by atoms with E-state index in [1.54, 1.807) is 4.52 Å². The lowest BCUT2D eigenvalue weighted by Gasteiger charge is -1.99. The van der Waals surface area contributed by atoms with E-state index in [4.69, 9.17) is 5.84 Å². The average Bonchev–Trinajstić information content (AvgIpc) is 2.50. The highest BCUT2D eigenvalue weighted by atomic mass is 15.3. The molecule has 11 heavy (non-hydrogen) atoms. The van der Waals surface area contributed by atoms with Crippen molar-refractivity contribution < 1.29 is 0 Å². The minimum absolute atomic E-state index is 0.630. The minimum atomic E-state index is 0.630. The molecule has 0 unspecified atom stereocenters. The third-order valence-corrected chi connectivity index (χ3v) is 1.47. The van der Waals surface area contributed by atoms with Crippen LogP contribution in [0.15, 0.2) is 24.7 Å². The Labute approximate surface area is 62.8 Å². The third-order valence-electron chi connectivity index (χ3n) is 1.47. The van der Waals surface area contributed by atoms with Gasteiger partial charge in [-0.1, -0.05) is 0 Å². The molecule has 0 aliphatic rings. The van der Waals surface area contributed by atoms with Crippen molar-refractivity contribution in [3.05, 3.63) is 24.7 Å². The van der Waals surface area contributed by atoms with Gasteiger partial charge in [-0.05, 0) is 12.1 Å². The molecule has 0 aliphatic heterocycles. The van der Waals surface area contributed by atoms with Crippen molar-refractivity contribution in [3.8, 4) is 0 Å². The van der Waals surface area contributed by atoms with Crippen LogP contribution in [0, 0.1) is 0 Å². The van der Waals surface area contributed by atoms with Gasteiger partial charge in [0.05, 0.1) is 0 Å². The maximum Gasteiger partial charge on any atom is 0.167 e. The summed E-state index contributed by atoms with van der Waals surface area (Å²) in [6.45, 7) is 0. The zero-order chi connectivity index (χ0) is 7.68. The Morgan fingerprint density at radius 1 is 1.55 bits per heavy atom. The highest BCUT2D eigenvalue weighted by molar-refractivity contribution is 5.66. The minimum Gasteiger partial charge on any atom is -0.307 e. The Morgan fingerprint density at radius 2 is 2.45 bits per heavy atom. The summed E-state index contributed by atoms with van der Waals surface area (Å²) >= 11 is 0. The predicted octanol–water partition coefficient (Wildman–Crippen LogP) is 0.0149. The molecular formula is C6H7N5. The lowest BCUT2D eigenvalue weighted by Crippen LogP contribution is -2.10. The average molecular weight is 149 g/mol. The molecular weight excluding hydrogens is 142 g/mol. The number of nitrogens with two attached hydrogens (primary N) is 1. The van der Waals surface area contributed by atoms with Gasteiger partial charge in [-0.3, -0.25) is 0 Å². The van der Waals surface area contributed by atoms with Crippen molar-refractivity contribution in [3.63, 3.8) is 0 Å². The van der Waals surface area contributed by atoms with Crippen molar-refractivity contribution in [1.29, 1.82) is 0 Å². The molecule has 0 aromatic carbocycles. The van der Waals surface area contributed by atoms with Crippen molar-refractivity contribution in [2.75, 3.05) is 5.43 Å². The second-order valence-electron chi connectivity index (χ2n) is 2.09. The highest BCUT2D eigenvalue weighted by Gasteiger charge is 1.98. The molecule has 0 radical (unpaired) electrons. The molecule has 2 heterocycles. The number of hydrazine groups is 1. The SMILES string of the molecule is NNc1ncnn2cccc12. The Hall–Kier alpha value is -1.62. The summed E-state index contributed by atoms with van der Waals surface area (Å²) in [5.41, 5.74) is 3.35. The van der Waals surface area contributed by atoms with Crippen LogP contribution in [0.2, 0.25) is 0 Å². The molecule has 0 aliphatic carbocycles. The fraction of sp³-hybridized carbons (Fsp3) is 0. The summed E-state index contributed by atoms with van der Waals surface area (Å²) in [6.07, 6.45) is 3.28. The molecule has 5 nitrogen and oxygen atoms in total. The van der Waals surface area contributed by atoms with E-state index in [-0.39, 0.29) is 0 Å². The van der Waals surface area contributed by atoms with Crippen LogP contribution in [0.1, 0.15) is 0 Å². The van der Waals surface area contributed by atoms with E-state index in [2.05, 4.69) is 15.5 Å². The number of rotatable bonds is 1. The van der Waals surface area contributed by atoms with Crippen molar-refractivity contribution in [2.24, 2.45) is 5.84 Å². The monoisotopic (exact) mass is 149 g/mol. The van der Waals surface area contributed by atoms with Crippen LogP contribution in [-0.4, -0.2) is 14.6 Å². The lowest BCUT2D eigenvalue weighted by molar-refractivity contribution is 0.903. The first-order chi connectivity index (χ1) is 5.42. The van der Waals surface area contributed by atoms with E-state index in [9.17, 15) is 0 Å². The fourth-order valence-corrected chi connectivity index (χ4v) is 0.977. The molecule has 5 heteroatoms. The second kappa shape index (κ2) is 2.21. The van der Waals surface area contributed by atoms with Gasteiger partial charge in [-0.15, -0.1) is 0 Å². The summed E-state index contributed by atoms with van der Waals surface area (Å²) in [6, 6.07) is 3.76. The van der Waals surface area contributed by atoms with Crippen LogP contribution in [-0.2, 0) is 0 Å². The van der Waals surface area contributed by atoms with Crippen molar-refractivity contribution in [2.45, 2.75) is 0 Å². The van der Waals surface area contributed by atoms with Gasteiger partial charge in [0, 0.05) is 6.20 Å². The Kier molecular flexibility index (Phi) is 1.23. The smallest absolute Gasteiger partial charge is 0.167 e. The van der Waals surface area contributed by atoms with E-state index < -0.39 is 0 Å². The number of aromatic nitrogens is 3. The van der Waals surface area contributed by atoms with Crippen LogP contribution in [0.4, 0.5) is 5.82 Å². The molecule has 0 saturated heterocycles. The number of nitrogen functional groups attached to an aromatic ring is 1. The molecule has 2 aromatic heterocycles. The van der Waals surface area contributed by atoms with Gasteiger partial charge < -0.3 is 5.43 Å². The van der Waals surface area contributed by atoms with E-state index in [1.165, 1.54) is 6.33 Å². The number of hydrogen-bond donors (Lipinski definition) is 2. The van der Waals surface area contributed by atoms with Gasteiger partial charge in [0.2, 0.25) is 0 Å². The summed E-state index contributed by atoms with van der Waals surface area (Å²) in [5, 5.41) is 3.96. The van der Waals surface area contributed by atoms with Crippen LogP contribution in [0.25, 0.3) is 5.52 Å².